The zero-order valence-corrected chi connectivity index (χ0v) is 16.8. The van der Waals surface area contributed by atoms with Crippen molar-refractivity contribution in [2.75, 3.05) is 66.1 Å². The number of carbonyl (C=O) groups excluding carboxylic acids is 1. The predicted octanol–water partition coefficient (Wildman–Crippen LogP) is 0.917. The van der Waals surface area contributed by atoms with E-state index in [1.165, 1.54) is 12.8 Å². The van der Waals surface area contributed by atoms with Gasteiger partial charge in [-0.05, 0) is 45.8 Å². The van der Waals surface area contributed by atoms with E-state index in [-0.39, 0.29) is 17.2 Å². The summed E-state index contributed by atoms with van der Waals surface area (Å²) in [6, 6.07) is 0. The van der Waals surface area contributed by atoms with Gasteiger partial charge in [-0.25, -0.2) is 0 Å². The van der Waals surface area contributed by atoms with E-state index in [2.05, 4.69) is 26.9 Å². The maximum absolute atomic E-state index is 13.1. The van der Waals surface area contributed by atoms with Gasteiger partial charge in [-0.2, -0.15) is 4.98 Å². The van der Waals surface area contributed by atoms with Crippen LogP contribution in [0, 0.1) is 5.41 Å². The molecule has 8 nitrogen and oxygen atoms in total. The highest BCUT2D eigenvalue weighted by atomic mass is 16.5. The average Bonchev–Trinajstić information content (AvgIpc) is 3.33. The molecule has 154 valence electrons. The molecule has 1 amide bonds. The highest BCUT2D eigenvalue weighted by molar-refractivity contribution is 5.79. The van der Waals surface area contributed by atoms with Crippen LogP contribution in [0.3, 0.4) is 0 Å². The second kappa shape index (κ2) is 7.39. The standard InChI is InChI=1S/C20H31N5O3/c1-23-6-4-20(5-7-23)14-25(17(26)13-24-8-10-27-11-9-24)12-16(20)19-21-18(22-28-19)15-2-3-15/h15-16H,2-14H2,1H3. The Hall–Kier alpha value is -1.51. The molecule has 4 heterocycles. The van der Waals surface area contributed by atoms with Gasteiger partial charge in [0.25, 0.3) is 0 Å². The molecule has 3 saturated heterocycles. The highest BCUT2D eigenvalue weighted by Gasteiger charge is 2.52. The highest BCUT2D eigenvalue weighted by Crippen LogP contribution is 2.50. The van der Waals surface area contributed by atoms with Crippen molar-refractivity contribution in [1.29, 1.82) is 0 Å². The maximum Gasteiger partial charge on any atom is 0.236 e. The smallest absolute Gasteiger partial charge is 0.236 e. The van der Waals surface area contributed by atoms with Gasteiger partial charge in [0.1, 0.15) is 0 Å². The molecule has 1 unspecified atom stereocenters. The summed E-state index contributed by atoms with van der Waals surface area (Å²) in [5, 5.41) is 4.26. The summed E-state index contributed by atoms with van der Waals surface area (Å²) in [6.07, 6.45) is 4.50. The number of hydrogen-bond donors (Lipinski definition) is 0. The molecule has 1 aromatic rings. The first kappa shape index (κ1) is 18.5. The molecule has 5 rings (SSSR count). The molecular formula is C20H31N5O3. The van der Waals surface area contributed by atoms with E-state index in [1.807, 2.05) is 0 Å². The van der Waals surface area contributed by atoms with Crippen molar-refractivity contribution in [3.05, 3.63) is 11.7 Å². The molecule has 1 atom stereocenters. The normalized spacial score (nSPS) is 28.9. The summed E-state index contributed by atoms with van der Waals surface area (Å²) in [6.45, 7) is 7.26. The molecule has 0 aromatic carbocycles. The van der Waals surface area contributed by atoms with E-state index in [0.717, 1.165) is 70.5 Å². The molecule has 28 heavy (non-hydrogen) atoms. The number of hydrogen-bond acceptors (Lipinski definition) is 7. The van der Waals surface area contributed by atoms with E-state index in [9.17, 15) is 4.79 Å². The first-order chi connectivity index (χ1) is 13.6. The van der Waals surface area contributed by atoms with Crippen molar-refractivity contribution in [1.82, 2.24) is 24.8 Å². The Bertz CT molecular complexity index is 704. The quantitative estimate of drug-likeness (QED) is 0.758. The number of rotatable bonds is 4. The Morgan fingerprint density at radius 3 is 2.64 bits per heavy atom. The SMILES string of the molecule is CN1CCC2(CC1)CN(C(=O)CN1CCOCC1)CC2c1nc(C2CC2)no1. The molecule has 1 saturated carbocycles. The second-order valence-electron chi connectivity index (χ2n) is 9.15. The summed E-state index contributed by atoms with van der Waals surface area (Å²) in [5.41, 5.74) is 0.0700. The molecule has 1 aromatic heterocycles. The van der Waals surface area contributed by atoms with Crippen LogP contribution in [0.1, 0.15) is 49.2 Å². The average molecular weight is 390 g/mol. The number of piperidine rings is 1. The summed E-state index contributed by atoms with van der Waals surface area (Å²) in [5.74, 6) is 2.51. The van der Waals surface area contributed by atoms with Crippen molar-refractivity contribution in [2.45, 2.75) is 37.5 Å². The Labute approximate surface area is 166 Å². The first-order valence-corrected chi connectivity index (χ1v) is 10.7. The van der Waals surface area contributed by atoms with Crippen molar-refractivity contribution in [3.63, 3.8) is 0 Å². The molecule has 0 N–H and O–H groups in total. The Balaban J connectivity index is 1.33. The predicted molar refractivity (Wildman–Crippen MR) is 102 cm³/mol. The molecular weight excluding hydrogens is 358 g/mol. The molecule has 4 aliphatic rings. The van der Waals surface area contributed by atoms with E-state index in [1.54, 1.807) is 0 Å². The lowest BCUT2D eigenvalue weighted by molar-refractivity contribution is -0.133. The largest absolute Gasteiger partial charge is 0.379 e. The topological polar surface area (TPSA) is 74.9 Å². The molecule has 3 aliphatic heterocycles. The van der Waals surface area contributed by atoms with E-state index >= 15 is 0 Å². The van der Waals surface area contributed by atoms with Crippen molar-refractivity contribution < 1.29 is 14.1 Å². The summed E-state index contributed by atoms with van der Waals surface area (Å²) >= 11 is 0. The number of likely N-dealkylation sites (tertiary alicyclic amines) is 2. The molecule has 0 radical (unpaired) electrons. The number of carbonyl (C=O) groups is 1. The first-order valence-electron chi connectivity index (χ1n) is 10.7. The minimum atomic E-state index is 0.0700. The van der Waals surface area contributed by atoms with Crippen LogP contribution in [0.4, 0.5) is 0 Å². The number of ether oxygens (including phenoxy) is 1. The number of nitrogens with zero attached hydrogens (tertiary/aromatic N) is 5. The van der Waals surface area contributed by atoms with Crippen LogP contribution in [0.5, 0.6) is 0 Å². The molecule has 4 fully saturated rings. The second-order valence-corrected chi connectivity index (χ2v) is 9.15. The van der Waals surface area contributed by atoms with Crippen molar-refractivity contribution in [3.8, 4) is 0 Å². The van der Waals surface area contributed by atoms with Crippen molar-refractivity contribution >= 4 is 5.91 Å². The number of amides is 1. The Morgan fingerprint density at radius 1 is 1.18 bits per heavy atom. The van der Waals surface area contributed by atoms with Gasteiger partial charge >= 0.3 is 0 Å². The van der Waals surface area contributed by atoms with Gasteiger partial charge in [0, 0.05) is 37.5 Å². The van der Waals surface area contributed by atoms with E-state index in [4.69, 9.17) is 14.2 Å². The minimum Gasteiger partial charge on any atom is -0.379 e. The van der Waals surface area contributed by atoms with Gasteiger partial charge < -0.3 is 19.1 Å². The summed E-state index contributed by atoms with van der Waals surface area (Å²) in [7, 11) is 2.18. The Kier molecular flexibility index (Phi) is 4.88. The summed E-state index contributed by atoms with van der Waals surface area (Å²) < 4.78 is 11.2. The zero-order chi connectivity index (χ0) is 19.1. The van der Waals surface area contributed by atoms with Crippen LogP contribution in [0.25, 0.3) is 0 Å². The molecule has 8 heteroatoms. The third-order valence-electron chi connectivity index (χ3n) is 7.14. The van der Waals surface area contributed by atoms with Crippen LogP contribution in [0.2, 0.25) is 0 Å². The lowest BCUT2D eigenvalue weighted by Gasteiger charge is -2.40. The molecule has 0 bridgehead atoms. The fourth-order valence-electron chi connectivity index (χ4n) is 5.02. The van der Waals surface area contributed by atoms with E-state index < -0.39 is 0 Å². The minimum absolute atomic E-state index is 0.0700. The van der Waals surface area contributed by atoms with Crippen LogP contribution in [-0.2, 0) is 9.53 Å². The van der Waals surface area contributed by atoms with Crippen LogP contribution in [-0.4, -0.2) is 96.8 Å². The molecule has 1 aliphatic carbocycles. The monoisotopic (exact) mass is 389 g/mol. The van der Waals surface area contributed by atoms with Gasteiger partial charge in [0.15, 0.2) is 5.82 Å². The lowest BCUT2D eigenvalue weighted by Crippen LogP contribution is -2.45. The number of morpholine rings is 1. The van der Waals surface area contributed by atoms with Crippen LogP contribution >= 0.6 is 0 Å². The third-order valence-corrected chi connectivity index (χ3v) is 7.14. The lowest BCUT2D eigenvalue weighted by atomic mass is 9.71. The van der Waals surface area contributed by atoms with Crippen LogP contribution < -0.4 is 0 Å². The fourth-order valence-corrected chi connectivity index (χ4v) is 5.02. The summed E-state index contributed by atoms with van der Waals surface area (Å²) in [4.78, 5) is 24.5. The number of aromatic nitrogens is 2. The van der Waals surface area contributed by atoms with Gasteiger partial charge in [-0.1, -0.05) is 5.16 Å². The fraction of sp³-hybridized carbons (Fsp3) is 0.850. The third kappa shape index (κ3) is 3.57. The van der Waals surface area contributed by atoms with Crippen LogP contribution in [0.15, 0.2) is 4.52 Å². The van der Waals surface area contributed by atoms with Gasteiger partial charge in [-0.15, -0.1) is 0 Å². The zero-order valence-electron chi connectivity index (χ0n) is 16.8. The molecule has 1 spiro atoms. The maximum atomic E-state index is 13.1. The van der Waals surface area contributed by atoms with Gasteiger partial charge in [0.2, 0.25) is 11.8 Å². The van der Waals surface area contributed by atoms with E-state index in [0.29, 0.717) is 19.0 Å². The van der Waals surface area contributed by atoms with Gasteiger partial charge in [0.05, 0.1) is 25.7 Å². The van der Waals surface area contributed by atoms with Gasteiger partial charge in [-0.3, -0.25) is 9.69 Å². The van der Waals surface area contributed by atoms with Crippen molar-refractivity contribution in [2.24, 2.45) is 5.41 Å². The Morgan fingerprint density at radius 2 is 1.93 bits per heavy atom.